The molecule has 7 nitrogen and oxygen atoms in total. The van der Waals surface area contributed by atoms with Crippen LogP contribution in [0.25, 0.3) is 16.9 Å². The van der Waals surface area contributed by atoms with Gasteiger partial charge in [0.25, 0.3) is 5.91 Å². The largest absolute Gasteiger partial charge is 0.390 e. The Labute approximate surface area is 221 Å². The lowest BCUT2D eigenvalue weighted by atomic mass is 10.0. The van der Waals surface area contributed by atoms with Crippen LogP contribution in [-0.2, 0) is 4.74 Å². The molecule has 1 aromatic carbocycles. The van der Waals surface area contributed by atoms with E-state index in [9.17, 15) is 23.1 Å². The Hall–Kier alpha value is -2.63. The molecule has 0 spiro atoms. The molecule has 1 atom stereocenters. The van der Waals surface area contributed by atoms with Crippen molar-refractivity contribution < 1.29 is 27.8 Å². The summed E-state index contributed by atoms with van der Waals surface area (Å²) < 4.78 is 47.4. The van der Waals surface area contributed by atoms with Gasteiger partial charge in [-0.05, 0) is 80.2 Å². The van der Waals surface area contributed by atoms with Gasteiger partial charge >= 0.3 is 6.18 Å². The van der Waals surface area contributed by atoms with E-state index in [0.717, 1.165) is 28.9 Å². The normalized spacial score (nSPS) is 15.2. The van der Waals surface area contributed by atoms with E-state index in [-0.39, 0.29) is 17.6 Å². The minimum absolute atomic E-state index is 0.108. The van der Waals surface area contributed by atoms with E-state index in [1.807, 2.05) is 19.1 Å². The number of imidazole rings is 1. The molecule has 0 saturated heterocycles. The molecule has 1 aliphatic carbocycles. The second kappa shape index (κ2) is 10.3. The highest BCUT2D eigenvalue weighted by atomic mass is 79.9. The van der Waals surface area contributed by atoms with Gasteiger partial charge in [-0.15, -0.1) is 0 Å². The molecule has 1 amide bonds. The van der Waals surface area contributed by atoms with Crippen LogP contribution in [0.2, 0.25) is 0 Å². The van der Waals surface area contributed by atoms with Crippen molar-refractivity contribution in [1.29, 1.82) is 0 Å². The summed E-state index contributed by atoms with van der Waals surface area (Å²) in [6, 6.07) is 7.31. The Balaban J connectivity index is 1.73. The van der Waals surface area contributed by atoms with E-state index < -0.39 is 31.2 Å². The SMILES string of the molecule is Cc1cc(-c2cnc3c(N(CCC(F)(F)F)C(O)OC(C)(C)C)cc(Br)cn23)ccc1C(=O)NC1CC1. The van der Waals surface area contributed by atoms with Crippen LogP contribution in [0.1, 0.15) is 56.0 Å². The fourth-order valence-corrected chi connectivity index (χ4v) is 4.43. The summed E-state index contributed by atoms with van der Waals surface area (Å²) in [5, 5.41) is 13.8. The van der Waals surface area contributed by atoms with E-state index in [4.69, 9.17) is 4.74 Å². The average Bonchev–Trinajstić information content (AvgIpc) is 3.47. The lowest BCUT2D eigenvalue weighted by Gasteiger charge is -2.34. The maximum atomic E-state index is 13.1. The molecule has 2 aromatic heterocycles. The van der Waals surface area contributed by atoms with Crippen molar-refractivity contribution in [2.24, 2.45) is 0 Å². The van der Waals surface area contributed by atoms with Crippen molar-refractivity contribution in [1.82, 2.24) is 14.7 Å². The van der Waals surface area contributed by atoms with Crippen LogP contribution in [-0.4, -0.2) is 51.2 Å². The number of amides is 1. The van der Waals surface area contributed by atoms with E-state index >= 15 is 0 Å². The highest BCUT2D eigenvalue weighted by Crippen LogP contribution is 2.33. The number of fused-ring (bicyclic) bond motifs is 1. The van der Waals surface area contributed by atoms with Crippen LogP contribution in [0.4, 0.5) is 18.9 Å². The number of nitrogens with zero attached hydrogens (tertiary/aromatic N) is 3. The third-order valence-electron chi connectivity index (χ3n) is 5.90. The first-order chi connectivity index (χ1) is 17.2. The number of hydrogen-bond donors (Lipinski definition) is 2. The van der Waals surface area contributed by atoms with Crippen LogP contribution in [0.15, 0.2) is 41.1 Å². The molecule has 2 N–H and O–H groups in total. The smallest absolute Gasteiger partial charge is 0.351 e. The lowest BCUT2D eigenvalue weighted by Crippen LogP contribution is -2.43. The molecule has 1 saturated carbocycles. The van der Waals surface area contributed by atoms with Crippen LogP contribution in [0, 0.1) is 6.92 Å². The van der Waals surface area contributed by atoms with Gasteiger partial charge in [0, 0.05) is 34.4 Å². The number of carbonyl (C=O) groups is 1. The second-order valence-corrected chi connectivity index (χ2v) is 11.2. The Morgan fingerprint density at radius 3 is 2.59 bits per heavy atom. The minimum atomic E-state index is -4.42. The van der Waals surface area contributed by atoms with Crippen molar-refractivity contribution >= 4 is 33.2 Å². The Kier molecular flexibility index (Phi) is 7.60. The molecule has 2 heterocycles. The summed E-state index contributed by atoms with van der Waals surface area (Å²) in [4.78, 5) is 18.2. The van der Waals surface area contributed by atoms with Crippen LogP contribution in [0.5, 0.6) is 0 Å². The summed E-state index contributed by atoms with van der Waals surface area (Å²) in [7, 11) is 0. The molecule has 0 bridgehead atoms. The number of carbonyl (C=O) groups excluding carboxylic acids is 1. The predicted octanol–water partition coefficient (Wildman–Crippen LogP) is 5.81. The number of aliphatic hydroxyl groups excluding tert-OH is 1. The van der Waals surface area contributed by atoms with Gasteiger partial charge in [0.2, 0.25) is 6.41 Å². The monoisotopic (exact) mass is 582 g/mol. The van der Waals surface area contributed by atoms with E-state index in [1.165, 1.54) is 0 Å². The van der Waals surface area contributed by atoms with Gasteiger partial charge in [0.05, 0.1) is 29.6 Å². The molecule has 37 heavy (non-hydrogen) atoms. The number of benzene rings is 1. The summed E-state index contributed by atoms with van der Waals surface area (Å²) in [5.74, 6) is -0.108. The summed E-state index contributed by atoms with van der Waals surface area (Å²) in [6.07, 6.45) is -1.84. The Bertz CT molecular complexity index is 1300. The fourth-order valence-electron chi connectivity index (χ4n) is 4.01. The van der Waals surface area contributed by atoms with E-state index in [1.54, 1.807) is 49.7 Å². The third kappa shape index (κ3) is 6.82. The molecular weight excluding hydrogens is 553 g/mol. The third-order valence-corrected chi connectivity index (χ3v) is 6.34. The molecule has 3 aromatic rings. The maximum Gasteiger partial charge on any atom is 0.390 e. The molecule has 4 rings (SSSR count). The quantitative estimate of drug-likeness (QED) is 0.327. The number of aromatic nitrogens is 2. The molecule has 1 fully saturated rings. The standard InChI is InChI=1S/C26H30BrF3N4O3/c1-15-11-16(5-8-19(15)23(35)32-18-6-7-18)21-13-31-22-20(12-17(27)14-34(21)22)33(10-9-26(28,29)30)24(36)37-25(2,3)4/h5,8,11-14,18,24,36H,6-7,9-10H2,1-4H3,(H,32,35). The van der Waals surface area contributed by atoms with E-state index in [2.05, 4.69) is 26.2 Å². The van der Waals surface area contributed by atoms with Gasteiger partial charge in [-0.2, -0.15) is 13.2 Å². The molecule has 1 aliphatic rings. The number of nitrogens with one attached hydrogen (secondary N) is 1. The number of alkyl halides is 3. The minimum Gasteiger partial charge on any atom is -0.351 e. The van der Waals surface area contributed by atoms with Gasteiger partial charge in [-0.25, -0.2) is 4.98 Å². The Morgan fingerprint density at radius 2 is 2.00 bits per heavy atom. The molecule has 11 heteroatoms. The highest BCUT2D eigenvalue weighted by Gasteiger charge is 2.32. The number of pyridine rings is 1. The first-order valence-electron chi connectivity index (χ1n) is 12.0. The zero-order chi connectivity index (χ0) is 27.1. The number of aryl methyl sites for hydroxylation is 1. The molecule has 1 unspecified atom stereocenters. The fraction of sp³-hybridized carbons (Fsp3) is 0.462. The number of ether oxygens (including phenoxy) is 1. The summed E-state index contributed by atoms with van der Waals surface area (Å²) >= 11 is 3.45. The number of halogens is 4. The van der Waals surface area contributed by atoms with Crippen molar-refractivity contribution in [2.45, 2.75) is 71.2 Å². The van der Waals surface area contributed by atoms with Crippen LogP contribution < -0.4 is 10.2 Å². The molecule has 200 valence electrons. The highest BCUT2D eigenvalue weighted by molar-refractivity contribution is 9.10. The second-order valence-electron chi connectivity index (χ2n) is 10.3. The summed E-state index contributed by atoms with van der Waals surface area (Å²) in [5.41, 5.74) is 2.67. The van der Waals surface area contributed by atoms with Gasteiger partial charge in [0.15, 0.2) is 5.65 Å². The Morgan fingerprint density at radius 1 is 1.30 bits per heavy atom. The molecule has 0 radical (unpaired) electrons. The zero-order valence-electron chi connectivity index (χ0n) is 21.1. The predicted molar refractivity (Wildman–Crippen MR) is 138 cm³/mol. The maximum absolute atomic E-state index is 13.1. The van der Waals surface area contributed by atoms with Gasteiger partial charge in [-0.1, -0.05) is 6.07 Å². The van der Waals surface area contributed by atoms with Crippen molar-refractivity contribution in [3.8, 4) is 11.3 Å². The molecule has 0 aliphatic heterocycles. The van der Waals surface area contributed by atoms with Gasteiger partial charge < -0.3 is 20.1 Å². The number of aliphatic hydroxyl groups is 1. The number of rotatable bonds is 8. The van der Waals surface area contributed by atoms with Crippen molar-refractivity contribution in [3.63, 3.8) is 0 Å². The molecular formula is C26H30BrF3N4O3. The summed E-state index contributed by atoms with van der Waals surface area (Å²) in [6.45, 7) is 6.45. The van der Waals surface area contributed by atoms with Crippen LogP contribution >= 0.6 is 15.9 Å². The number of anilines is 1. The first kappa shape index (κ1) is 27.4. The zero-order valence-corrected chi connectivity index (χ0v) is 22.7. The topological polar surface area (TPSA) is 79.1 Å². The van der Waals surface area contributed by atoms with Gasteiger partial charge in [0.1, 0.15) is 0 Å². The van der Waals surface area contributed by atoms with Crippen molar-refractivity contribution in [2.75, 3.05) is 11.4 Å². The van der Waals surface area contributed by atoms with E-state index in [0.29, 0.717) is 21.4 Å². The van der Waals surface area contributed by atoms with Crippen LogP contribution in [0.3, 0.4) is 0 Å². The number of hydrogen-bond acceptors (Lipinski definition) is 5. The average molecular weight is 583 g/mol. The van der Waals surface area contributed by atoms with Gasteiger partial charge in [-0.3, -0.25) is 9.20 Å². The first-order valence-corrected chi connectivity index (χ1v) is 12.8. The van der Waals surface area contributed by atoms with Crippen molar-refractivity contribution in [3.05, 3.63) is 52.3 Å². The lowest BCUT2D eigenvalue weighted by molar-refractivity contribution is -0.170.